The summed E-state index contributed by atoms with van der Waals surface area (Å²) in [6, 6.07) is 7.80. The molecule has 0 aliphatic carbocycles. The Labute approximate surface area is 110 Å². The molecule has 0 amide bonds. The summed E-state index contributed by atoms with van der Waals surface area (Å²) in [5.41, 5.74) is 0. The molecule has 0 saturated carbocycles. The Morgan fingerprint density at radius 1 is 1.22 bits per heavy atom. The van der Waals surface area contributed by atoms with Gasteiger partial charge in [0.1, 0.15) is 11.5 Å². The fourth-order valence-corrected chi connectivity index (χ4v) is 1.64. The number of hydrogen-bond acceptors (Lipinski definition) is 2. The molecule has 0 atom stereocenters. The van der Waals surface area contributed by atoms with E-state index in [0.29, 0.717) is 6.61 Å². The maximum atomic E-state index is 5.69. The lowest BCUT2D eigenvalue weighted by Crippen LogP contribution is -2.83. The van der Waals surface area contributed by atoms with E-state index in [4.69, 9.17) is 9.47 Å². The lowest BCUT2D eigenvalue weighted by Gasteiger charge is -2.08. The van der Waals surface area contributed by atoms with Crippen LogP contribution in [0.3, 0.4) is 0 Å². The van der Waals surface area contributed by atoms with Crippen molar-refractivity contribution in [1.82, 2.24) is 0 Å². The van der Waals surface area contributed by atoms with Gasteiger partial charge in [-0.2, -0.15) is 0 Å². The topological polar surface area (TPSA) is 35.1 Å². The minimum atomic E-state index is 0.683. The summed E-state index contributed by atoms with van der Waals surface area (Å²) in [5.74, 6) is 1.75. The van der Waals surface area contributed by atoms with Gasteiger partial charge in [0.15, 0.2) is 0 Å². The Morgan fingerprint density at radius 2 is 2.00 bits per heavy atom. The molecule has 0 heterocycles. The summed E-state index contributed by atoms with van der Waals surface area (Å²) < 4.78 is 11.1. The Morgan fingerprint density at radius 3 is 2.72 bits per heavy atom. The molecular formula is C15H24NO2+. The maximum absolute atomic E-state index is 5.69. The summed E-state index contributed by atoms with van der Waals surface area (Å²) in [7, 11) is 0. The lowest BCUT2D eigenvalue weighted by molar-refractivity contribution is -0.646. The van der Waals surface area contributed by atoms with Crippen LogP contribution in [0, 0.1) is 0 Å². The molecule has 0 aliphatic heterocycles. The molecule has 2 N–H and O–H groups in total. The minimum Gasteiger partial charge on any atom is -0.494 e. The van der Waals surface area contributed by atoms with Gasteiger partial charge in [0.2, 0.25) is 0 Å². The number of benzene rings is 1. The highest BCUT2D eigenvalue weighted by Crippen LogP contribution is 2.19. The third-order valence-corrected chi connectivity index (χ3v) is 2.52. The van der Waals surface area contributed by atoms with E-state index >= 15 is 0 Å². The fraction of sp³-hybridized carbons (Fsp3) is 0.467. The zero-order chi connectivity index (χ0) is 13.1. The van der Waals surface area contributed by atoms with Crippen LogP contribution in [0.25, 0.3) is 0 Å². The second kappa shape index (κ2) is 9.54. The van der Waals surface area contributed by atoms with Gasteiger partial charge in [-0.25, -0.2) is 0 Å². The van der Waals surface area contributed by atoms with Gasteiger partial charge in [-0.1, -0.05) is 12.6 Å². The van der Waals surface area contributed by atoms with Gasteiger partial charge >= 0.3 is 0 Å². The molecule has 100 valence electrons. The monoisotopic (exact) mass is 250 g/mol. The lowest BCUT2D eigenvalue weighted by atomic mass is 10.3. The van der Waals surface area contributed by atoms with Gasteiger partial charge in [0.25, 0.3) is 0 Å². The molecular weight excluding hydrogens is 226 g/mol. The van der Waals surface area contributed by atoms with Crippen molar-refractivity contribution in [2.24, 2.45) is 0 Å². The van der Waals surface area contributed by atoms with Crippen LogP contribution in [0.4, 0.5) is 0 Å². The molecule has 0 radical (unpaired) electrons. The Balaban J connectivity index is 2.14. The number of nitrogens with two attached hydrogens (primary N) is 1. The molecule has 0 spiro atoms. The zero-order valence-corrected chi connectivity index (χ0v) is 11.2. The highest BCUT2D eigenvalue weighted by atomic mass is 16.5. The fourth-order valence-electron chi connectivity index (χ4n) is 1.64. The van der Waals surface area contributed by atoms with E-state index in [1.165, 1.54) is 6.42 Å². The van der Waals surface area contributed by atoms with Gasteiger partial charge in [-0.15, -0.1) is 0 Å². The van der Waals surface area contributed by atoms with Crippen molar-refractivity contribution in [3.05, 3.63) is 36.9 Å². The summed E-state index contributed by atoms with van der Waals surface area (Å²) in [6.45, 7) is 9.24. The van der Waals surface area contributed by atoms with Crippen LogP contribution in [0.2, 0.25) is 0 Å². The van der Waals surface area contributed by atoms with E-state index < -0.39 is 0 Å². The largest absolute Gasteiger partial charge is 0.494 e. The molecule has 0 aliphatic rings. The Kier molecular flexibility index (Phi) is 7.73. The van der Waals surface area contributed by atoms with Crippen molar-refractivity contribution >= 4 is 0 Å². The van der Waals surface area contributed by atoms with Gasteiger partial charge < -0.3 is 14.8 Å². The molecule has 1 aromatic carbocycles. The maximum Gasteiger partial charge on any atom is 0.122 e. The van der Waals surface area contributed by atoms with Gasteiger partial charge in [-0.3, -0.25) is 0 Å². The highest BCUT2D eigenvalue weighted by molar-refractivity contribution is 5.32. The second-order valence-electron chi connectivity index (χ2n) is 4.07. The van der Waals surface area contributed by atoms with Crippen molar-refractivity contribution < 1.29 is 14.8 Å². The Bertz CT molecular complexity index is 339. The van der Waals surface area contributed by atoms with Crippen LogP contribution in [0.1, 0.15) is 19.8 Å². The zero-order valence-electron chi connectivity index (χ0n) is 11.2. The van der Waals surface area contributed by atoms with Crippen LogP contribution in [-0.4, -0.2) is 26.3 Å². The first-order valence-electron chi connectivity index (χ1n) is 6.65. The van der Waals surface area contributed by atoms with E-state index in [-0.39, 0.29) is 0 Å². The smallest absolute Gasteiger partial charge is 0.122 e. The van der Waals surface area contributed by atoms with Gasteiger partial charge in [0.05, 0.1) is 26.3 Å². The van der Waals surface area contributed by atoms with E-state index in [1.807, 2.05) is 37.3 Å². The molecule has 18 heavy (non-hydrogen) atoms. The average molecular weight is 250 g/mol. The first-order valence-corrected chi connectivity index (χ1v) is 6.65. The van der Waals surface area contributed by atoms with E-state index in [2.05, 4.69) is 11.9 Å². The number of ether oxygens (including phenoxy) is 2. The molecule has 3 nitrogen and oxygen atoms in total. The summed E-state index contributed by atoms with van der Waals surface area (Å²) in [6.07, 6.45) is 4.17. The minimum absolute atomic E-state index is 0.683. The number of quaternary nitrogens is 1. The van der Waals surface area contributed by atoms with Crippen molar-refractivity contribution in [2.75, 3.05) is 26.3 Å². The third-order valence-electron chi connectivity index (χ3n) is 2.52. The van der Waals surface area contributed by atoms with Crippen molar-refractivity contribution in [2.45, 2.75) is 19.8 Å². The van der Waals surface area contributed by atoms with E-state index in [0.717, 1.165) is 37.6 Å². The molecule has 3 heteroatoms. The van der Waals surface area contributed by atoms with Gasteiger partial charge in [0, 0.05) is 6.07 Å². The van der Waals surface area contributed by atoms with Crippen LogP contribution >= 0.6 is 0 Å². The third kappa shape index (κ3) is 6.30. The average Bonchev–Trinajstić information content (AvgIpc) is 2.39. The highest BCUT2D eigenvalue weighted by Gasteiger charge is 1.97. The number of hydrogen-bond donors (Lipinski definition) is 1. The van der Waals surface area contributed by atoms with Crippen LogP contribution < -0.4 is 14.8 Å². The van der Waals surface area contributed by atoms with E-state index in [1.54, 1.807) is 0 Å². The molecule has 1 rings (SSSR count). The molecule has 0 saturated heterocycles. The molecule has 1 aromatic rings. The first kappa shape index (κ1) is 14.6. The standard InChI is InChI=1S/C15H23NO2/c1-3-10-16-11-5-6-12-18-15-9-7-8-14(13-15)17-4-2/h3,7-9,13,16H,1,4-6,10-12H2,2H3/p+1. The second-order valence-corrected chi connectivity index (χ2v) is 4.07. The summed E-state index contributed by atoms with van der Waals surface area (Å²) in [4.78, 5) is 0. The summed E-state index contributed by atoms with van der Waals surface area (Å²) in [5, 5.41) is 2.25. The molecule has 0 bridgehead atoms. The first-order chi connectivity index (χ1) is 8.86. The SMILES string of the molecule is C=CC[NH2+]CCCCOc1cccc(OCC)c1. The predicted octanol–water partition coefficient (Wildman–Crippen LogP) is 1.99. The summed E-state index contributed by atoms with van der Waals surface area (Å²) >= 11 is 0. The quantitative estimate of drug-likeness (QED) is 0.509. The Hall–Kier alpha value is -1.48. The van der Waals surface area contributed by atoms with Crippen molar-refractivity contribution in [3.8, 4) is 11.5 Å². The number of rotatable bonds is 10. The van der Waals surface area contributed by atoms with Gasteiger partial charge in [-0.05, 0) is 38.0 Å². The van der Waals surface area contributed by atoms with Crippen molar-refractivity contribution in [1.29, 1.82) is 0 Å². The number of unbranched alkanes of at least 4 members (excludes halogenated alkanes) is 1. The van der Waals surface area contributed by atoms with Crippen LogP contribution in [0.5, 0.6) is 11.5 Å². The molecule has 0 fully saturated rings. The normalized spacial score (nSPS) is 10.1. The molecule has 0 unspecified atom stereocenters. The van der Waals surface area contributed by atoms with Crippen LogP contribution in [-0.2, 0) is 0 Å². The molecule has 0 aromatic heterocycles. The van der Waals surface area contributed by atoms with Crippen molar-refractivity contribution in [3.63, 3.8) is 0 Å². The van der Waals surface area contributed by atoms with E-state index in [9.17, 15) is 0 Å². The van der Waals surface area contributed by atoms with Crippen LogP contribution in [0.15, 0.2) is 36.9 Å². The predicted molar refractivity (Wildman–Crippen MR) is 74.2 cm³/mol.